The molecule has 1 fully saturated rings. The molecule has 1 saturated carbocycles. The number of nitrogens with two attached hydrogens (primary N) is 1. The van der Waals surface area contributed by atoms with Crippen molar-refractivity contribution in [2.75, 3.05) is 5.73 Å². The first-order valence-electron chi connectivity index (χ1n) is 6.65. The van der Waals surface area contributed by atoms with Crippen LogP contribution in [0.4, 0.5) is 5.69 Å². The molecule has 0 radical (unpaired) electrons. The van der Waals surface area contributed by atoms with Gasteiger partial charge in [-0.15, -0.1) is 11.3 Å². The average Bonchev–Trinajstić information content (AvgIpc) is 3.22. The lowest BCUT2D eigenvalue weighted by Crippen LogP contribution is -2.32. The molecule has 3 rings (SSSR count). The number of carbonyl (C=O) groups is 1. The average molecular weight is 341 g/mol. The summed E-state index contributed by atoms with van der Waals surface area (Å²) in [7, 11) is 0. The first-order valence-corrected chi connectivity index (χ1v) is 8.22. The van der Waals surface area contributed by atoms with Crippen LogP contribution in [0.1, 0.15) is 28.8 Å². The van der Waals surface area contributed by atoms with Gasteiger partial charge in [0.2, 0.25) is 0 Å². The van der Waals surface area contributed by atoms with Gasteiger partial charge in [0.05, 0.1) is 9.90 Å². The Bertz CT molecular complexity index is 682. The van der Waals surface area contributed by atoms with Gasteiger partial charge < -0.3 is 10.6 Å². The molecule has 3 nitrogen and oxygen atoms in total. The Hall–Kier alpha value is -1.23. The van der Waals surface area contributed by atoms with Crippen LogP contribution in [0, 0.1) is 0 Å². The SMILES string of the molecule is Nc1ccccc1CN(C(=O)c1cc(Cl)sc1Cl)C1CC1. The summed E-state index contributed by atoms with van der Waals surface area (Å²) < 4.78 is 0.968. The molecule has 0 aliphatic heterocycles. The zero-order valence-electron chi connectivity index (χ0n) is 11.2. The van der Waals surface area contributed by atoms with E-state index in [-0.39, 0.29) is 11.9 Å². The molecule has 1 aliphatic rings. The summed E-state index contributed by atoms with van der Waals surface area (Å²) in [4.78, 5) is 14.6. The maximum absolute atomic E-state index is 12.7. The zero-order valence-corrected chi connectivity index (χ0v) is 13.5. The lowest BCUT2D eigenvalue weighted by atomic mass is 10.1. The molecule has 21 heavy (non-hydrogen) atoms. The molecule has 0 atom stereocenters. The molecular weight excluding hydrogens is 327 g/mol. The Kier molecular flexibility index (Phi) is 4.11. The van der Waals surface area contributed by atoms with E-state index in [1.54, 1.807) is 6.07 Å². The Morgan fingerprint density at radius 2 is 2.05 bits per heavy atom. The zero-order chi connectivity index (χ0) is 15.0. The second kappa shape index (κ2) is 5.87. The number of para-hydroxylation sites is 1. The molecule has 2 aromatic rings. The third-order valence-electron chi connectivity index (χ3n) is 3.53. The van der Waals surface area contributed by atoms with E-state index < -0.39 is 0 Å². The van der Waals surface area contributed by atoms with Crippen molar-refractivity contribution in [3.8, 4) is 0 Å². The van der Waals surface area contributed by atoms with E-state index in [4.69, 9.17) is 28.9 Å². The molecule has 2 N–H and O–H groups in total. The summed E-state index contributed by atoms with van der Waals surface area (Å²) in [5.41, 5.74) is 8.11. The van der Waals surface area contributed by atoms with Gasteiger partial charge in [0.1, 0.15) is 4.34 Å². The largest absolute Gasteiger partial charge is 0.398 e. The summed E-state index contributed by atoms with van der Waals surface area (Å²) in [6, 6.07) is 9.51. The minimum atomic E-state index is -0.0751. The Morgan fingerprint density at radius 3 is 2.62 bits per heavy atom. The van der Waals surface area contributed by atoms with Crippen LogP contribution in [0.2, 0.25) is 8.67 Å². The first-order chi connectivity index (χ1) is 10.1. The number of benzene rings is 1. The van der Waals surface area contributed by atoms with Crippen molar-refractivity contribution in [2.45, 2.75) is 25.4 Å². The summed E-state index contributed by atoms with van der Waals surface area (Å²) in [5.74, 6) is -0.0751. The number of hydrogen-bond acceptors (Lipinski definition) is 3. The number of hydrogen-bond donors (Lipinski definition) is 1. The molecule has 110 valence electrons. The number of amides is 1. The van der Waals surface area contributed by atoms with Gasteiger partial charge in [0.15, 0.2) is 0 Å². The molecule has 1 aliphatic carbocycles. The van der Waals surface area contributed by atoms with Crippen LogP contribution >= 0.6 is 34.5 Å². The molecule has 1 aromatic heterocycles. The number of nitrogens with zero attached hydrogens (tertiary/aromatic N) is 1. The van der Waals surface area contributed by atoms with E-state index in [1.807, 2.05) is 29.2 Å². The van der Waals surface area contributed by atoms with Crippen molar-refractivity contribution >= 4 is 46.1 Å². The van der Waals surface area contributed by atoms with E-state index in [1.165, 1.54) is 11.3 Å². The number of anilines is 1. The molecule has 0 unspecified atom stereocenters. The monoisotopic (exact) mass is 340 g/mol. The number of halogens is 2. The van der Waals surface area contributed by atoms with Gasteiger partial charge in [-0.2, -0.15) is 0 Å². The van der Waals surface area contributed by atoms with Crippen LogP contribution in [-0.4, -0.2) is 16.8 Å². The highest BCUT2D eigenvalue weighted by Gasteiger charge is 2.34. The molecule has 0 saturated heterocycles. The van der Waals surface area contributed by atoms with Gasteiger partial charge in [-0.25, -0.2) is 0 Å². The fourth-order valence-electron chi connectivity index (χ4n) is 2.26. The van der Waals surface area contributed by atoms with Crippen molar-refractivity contribution in [2.24, 2.45) is 0 Å². The van der Waals surface area contributed by atoms with E-state index in [0.29, 0.717) is 26.5 Å². The standard InChI is InChI=1S/C15H14Cl2N2OS/c16-13-7-11(14(17)21-13)15(20)19(10-5-6-10)8-9-3-1-2-4-12(9)18/h1-4,7,10H,5-6,8,18H2. The Balaban J connectivity index is 1.87. The fourth-order valence-corrected chi connectivity index (χ4v) is 3.70. The van der Waals surface area contributed by atoms with Crippen molar-refractivity contribution in [1.29, 1.82) is 0 Å². The summed E-state index contributed by atoms with van der Waals surface area (Å²) >= 11 is 13.3. The molecule has 6 heteroatoms. The maximum atomic E-state index is 12.7. The maximum Gasteiger partial charge on any atom is 0.256 e. The van der Waals surface area contributed by atoms with Gasteiger partial charge in [-0.05, 0) is 30.5 Å². The predicted molar refractivity (Wildman–Crippen MR) is 88.1 cm³/mol. The minimum absolute atomic E-state index is 0.0751. The van der Waals surface area contributed by atoms with Crippen LogP contribution in [0.25, 0.3) is 0 Å². The molecule has 1 amide bonds. The molecule has 1 heterocycles. The van der Waals surface area contributed by atoms with Gasteiger partial charge >= 0.3 is 0 Å². The Labute approximate surface area is 137 Å². The molecule has 0 spiro atoms. The topological polar surface area (TPSA) is 46.3 Å². The van der Waals surface area contributed by atoms with Gasteiger partial charge in [-0.3, -0.25) is 4.79 Å². The quantitative estimate of drug-likeness (QED) is 0.836. The highest BCUT2D eigenvalue weighted by atomic mass is 35.5. The predicted octanol–water partition coefficient (Wildman–Crippen LogP) is 4.44. The van der Waals surface area contributed by atoms with E-state index >= 15 is 0 Å². The Morgan fingerprint density at radius 1 is 1.33 bits per heavy atom. The van der Waals surface area contributed by atoms with Crippen LogP contribution in [0.5, 0.6) is 0 Å². The van der Waals surface area contributed by atoms with Gasteiger partial charge in [-0.1, -0.05) is 41.4 Å². The number of carbonyl (C=O) groups excluding carboxylic acids is 1. The van der Waals surface area contributed by atoms with Crippen LogP contribution in [0.15, 0.2) is 30.3 Å². The highest BCUT2D eigenvalue weighted by molar-refractivity contribution is 7.20. The minimum Gasteiger partial charge on any atom is -0.398 e. The van der Waals surface area contributed by atoms with Gasteiger partial charge in [0.25, 0.3) is 5.91 Å². The van der Waals surface area contributed by atoms with Crippen molar-refractivity contribution < 1.29 is 4.79 Å². The number of rotatable bonds is 4. The van der Waals surface area contributed by atoms with Gasteiger partial charge in [0, 0.05) is 18.3 Å². The molecule has 1 aromatic carbocycles. The van der Waals surface area contributed by atoms with E-state index in [2.05, 4.69) is 0 Å². The fraction of sp³-hybridized carbons (Fsp3) is 0.267. The van der Waals surface area contributed by atoms with Crippen LogP contribution in [0.3, 0.4) is 0 Å². The summed E-state index contributed by atoms with van der Waals surface area (Å²) in [5, 5.41) is 0. The number of nitrogen functional groups attached to an aromatic ring is 1. The third kappa shape index (κ3) is 3.18. The van der Waals surface area contributed by atoms with Crippen molar-refractivity contribution in [3.63, 3.8) is 0 Å². The number of thiophene rings is 1. The normalized spacial score (nSPS) is 14.2. The second-order valence-electron chi connectivity index (χ2n) is 5.10. The second-order valence-corrected chi connectivity index (χ2v) is 7.39. The van der Waals surface area contributed by atoms with E-state index in [0.717, 1.165) is 18.4 Å². The third-order valence-corrected chi connectivity index (χ3v) is 5.02. The van der Waals surface area contributed by atoms with Crippen LogP contribution < -0.4 is 5.73 Å². The smallest absolute Gasteiger partial charge is 0.256 e. The lowest BCUT2D eigenvalue weighted by Gasteiger charge is -2.23. The molecule has 0 bridgehead atoms. The van der Waals surface area contributed by atoms with Crippen molar-refractivity contribution in [3.05, 3.63) is 50.1 Å². The summed E-state index contributed by atoms with van der Waals surface area (Å²) in [6.07, 6.45) is 2.04. The van der Waals surface area contributed by atoms with Crippen molar-refractivity contribution in [1.82, 2.24) is 4.90 Å². The van der Waals surface area contributed by atoms with Crippen LogP contribution in [-0.2, 0) is 6.54 Å². The summed E-state index contributed by atoms with van der Waals surface area (Å²) in [6.45, 7) is 0.500. The highest BCUT2D eigenvalue weighted by Crippen LogP contribution is 2.36. The first kappa shape index (κ1) is 14.7. The van der Waals surface area contributed by atoms with E-state index in [9.17, 15) is 4.79 Å². The molecular formula is C15H14Cl2N2OS. The lowest BCUT2D eigenvalue weighted by molar-refractivity contribution is 0.0731.